The zero-order valence-corrected chi connectivity index (χ0v) is 26.3. The molecule has 0 amide bonds. The van der Waals surface area contributed by atoms with Crippen molar-refractivity contribution in [2.75, 3.05) is 29.9 Å². The van der Waals surface area contributed by atoms with E-state index in [2.05, 4.69) is 32.1 Å². The number of carbonyl (C=O) groups excluding carboxylic acids is 1. The molecule has 0 radical (unpaired) electrons. The van der Waals surface area contributed by atoms with Crippen LogP contribution in [0.2, 0.25) is 0 Å². The van der Waals surface area contributed by atoms with Gasteiger partial charge in [-0.2, -0.15) is 6.08 Å². The number of nitrogens with zero attached hydrogens (tertiary/aromatic N) is 5. The van der Waals surface area contributed by atoms with Crippen molar-refractivity contribution in [3.63, 3.8) is 0 Å². The summed E-state index contributed by atoms with van der Waals surface area (Å²) in [7, 11) is 0. The molecule has 2 atom stereocenters. The molecule has 9 nitrogen and oxygen atoms in total. The summed E-state index contributed by atoms with van der Waals surface area (Å²) in [5, 5.41) is 3.43. The van der Waals surface area contributed by atoms with E-state index >= 15 is 0 Å². The molecular weight excluding hydrogens is 547 g/mol. The number of hydrogen-bond donors (Lipinski definition) is 1. The third-order valence-electron chi connectivity index (χ3n) is 7.82. The summed E-state index contributed by atoms with van der Waals surface area (Å²) in [6, 6.07) is 11.7. The fraction of sp³-hybridized carbons (Fsp3) is 0.294. The molecule has 6 rings (SSSR count). The Morgan fingerprint density at radius 1 is 1.16 bits per heavy atom. The number of rotatable bonds is 8. The fourth-order valence-electron chi connectivity index (χ4n) is 5.58. The van der Waals surface area contributed by atoms with Crippen LogP contribution in [0.4, 0.5) is 17.3 Å². The van der Waals surface area contributed by atoms with Crippen molar-refractivity contribution in [2.24, 2.45) is 11.8 Å². The first kappa shape index (κ1) is 34.4. The van der Waals surface area contributed by atoms with Crippen LogP contribution in [-0.2, 0) is 4.79 Å². The van der Waals surface area contributed by atoms with Crippen LogP contribution in [0, 0.1) is 47.5 Å². The summed E-state index contributed by atoms with van der Waals surface area (Å²) >= 11 is 0. The van der Waals surface area contributed by atoms with Gasteiger partial charge in [-0.3, -0.25) is 4.98 Å². The number of pyridine rings is 2. The van der Waals surface area contributed by atoms with Crippen molar-refractivity contribution in [2.45, 2.75) is 33.1 Å². The van der Waals surface area contributed by atoms with Gasteiger partial charge in [0, 0.05) is 36.5 Å². The molecule has 2 aliphatic heterocycles. The normalized spacial score (nSPS) is 16.8. The van der Waals surface area contributed by atoms with E-state index in [1.807, 2.05) is 50.2 Å². The molecule has 1 saturated heterocycles. The minimum absolute atomic E-state index is 0. The zero-order chi connectivity index (χ0) is 28.3. The second-order valence-electron chi connectivity index (χ2n) is 10.7. The second kappa shape index (κ2) is 15.1. The maximum atomic E-state index is 12.0. The molecule has 0 spiro atoms. The molecule has 4 aromatic rings. The summed E-state index contributed by atoms with van der Waals surface area (Å²) in [6.07, 6.45) is 8.79. The van der Waals surface area contributed by atoms with Crippen LogP contribution in [0.1, 0.15) is 30.5 Å². The van der Waals surface area contributed by atoms with Crippen LogP contribution < -0.4 is 38.6 Å². The van der Waals surface area contributed by atoms with Gasteiger partial charge in [-0.25, -0.2) is 28.0 Å². The van der Waals surface area contributed by atoms with Crippen molar-refractivity contribution in [1.82, 2.24) is 19.9 Å². The minimum atomic E-state index is 0. The molecule has 5 heterocycles. The molecule has 0 saturated carbocycles. The van der Waals surface area contributed by atoms with E-state index in [0.717, 1.165) is 60.2 Å². The standard InChI is InChI=1S/C32H33N6O3.2CH3.Li/c1-4-5-25(39)9-7-22-12-13-38-17-23(22)18-40-29-15-27-30(37-32(29)38)31(35-19-34-27)36-24-8-11-28(20(2)14-24)41-26-10-6-21(3)33-16-26;;;/h4-6,8,10-11,14-16,19,22-23H,1,7,9,12-13,17-18H2,2-3H3,(H,34,35,36);2*1H3;/q3*-1;+1/b5-4+;;;. The molecule has 1 aromatic carbocycles. The molecule has 44 heavy (non-hydrogen) atoms. The number of allylic oxidation sites excluding steroid dienone is 2. The van der Waals surface area contributed by atoms with Crippen LogP contribution in [0.25, 0.3) is 11.0 Å². The van der Waals surface area contributed by atoms with Crippen LogP contribution in [0.15, 0.2) is 61.1 Å². The maximum absolute atomic E-state index is 12.0. The fourth-order valence-corrected chi connectivity index (χ4v) is 5.58. The summed E-state index contributed by atoms with van der Waals surface area (Å²) in [6.45, 7) is 9.89. The second-order valence-corrected chi connectivity index (χ2v) is 10.7. The summed E-state index contributed by atoms with van der Waals surface area (Å²) in [5.74, 6) is 4.54. The number of fused-ring (bicyclic) bond motifs is 5. The Balaban J connectivity index is 0.00000176. The number of benzene rings is 1. The van der Waals surface area contributed by atoms with Crippen LogP contribution in [-0.4, -0.2) is 45.4 Å². The summed E-state index contributed by atoms with van der Waals surface area (Å²) in [5.41, 5.74) is 4.18. The van der Waals surface area contributed by atoms with Gasteiger partial charge in [0.1, 0.15) is 23.3 Å². The Morgan fingerprint density at radius 2 is 2.00 bits per heavy atom. The number of nitrogens with one attached hydrogen (secondary N) is 1. The summed E-state index contributed by atoms with van der Waals surface area (Å²) in [4.78, 5) is 32.7. The van der Waals surface area contributed by atoms with Gasteiger partial charge in [0.25, 0.3) is 0 Å². The van der Waals surface area contributed by atoms with Gasteiger partial charge in [-0.1, -0.05) is 0 Å². The van der Waals surface area contributed by atoms with Crippen LogP contribution in [0.5, 0.6) is 17.2 Å². The van der Waals surface area contributed by atoms with E-state index in [1.54, 1.807) is 18.3 Å². The number of hydrogen-bond acceptors (Lipinski definition) is 9. The maximum Gasteiger partial charge on any atom is 1.00 e. The molecule has 2 aliphatic rings. The average Bonchev–Trinajstić information content (AvgIpc) is 3.11. The molecule has 2 unspecified atom stereocenters. The van der Waals surface area contributed by atoms with Gasteiger partial charge >= 0.3 is 18.9 Å². The molecule has 2 bridgehead atoms. The Hall–Kier alpha value is -4.06. The largest absolute Gasteiger partial charge is 1.00 e. The first-order chi connectivity index (χ1) is 20.0. The first-order valence-electron chi connectivity index (χ1n) is 14.0. The third-order valence-corrected chi connectivity index (χ3v) is 7.82. The Labute approximate surface area is 272 Å². The predicted octanol–water partition coefficient (Wildman–Crippen LogP) is 4.05. The third kappa shape index (κ3) is 7.52. The SMILES string of the molecule is [CH2-]/C=C/C(=O)CCC1CCN2CC1COc1cc3ncnc(Nc4ccc(Oc5ccc(C)nc5)c(C)c4)c3nc12.[CH3-].[CH3-].[Li+]. The number of ether oxygens (including phenoxy) is 2. The molecule has 0 aliphatic carbocycles. The Kier molecular flexibility index (Phi) is 11.8. The van der Waals surface area contributed by atoms with Crippen molar-refractivity contribution >= 4 is 34.1 Å². The Morgan fingerprint density at radius 3 is 2.75 bits per heavy atom. The number of anilines is 3. The number of carbonyl (C=O) groups is 1. The predicted molar refractivity (Wildman–Crippen MR) is 172 cm³/mol. The van der Waals surface area contributed by atoms with E-state index in [4.69, 9.17) is 14.5 Å². The molecule has 226 valence electrons. The molecule has 3 aromatic heterocycles. The van der Waals surface area contributed by atoms with E-state index in [1.165, 1.54) is 6.33 Å². The number of piperidine rings is 1. The Bertz CT molecular complexity index is 1610. The average molecular weight is 587 g/mol. The van der Waals surface area contributed by atoms with E-state index in [9.17, 15) is 4.79 Å². The topological polar surface area (TPSA) is 102 Å². The van der Waals surface area contributed by atoms with Gasteiger partial charge < -0.3 is 39.3 Å². The van der Waals surface area contributed by atoms with E-state index < -0.39 is 0 Å². The summed E-state index contributed by atoms with van der Waals surface area (Å²) < 4.78 is 12.3. The van der Waals surface area contributed by atoms with Crippen molar-refractivity contribution in [3.8, 4) is 17.2 Å². The van der Waals surface area contributed by atoms with Gasteiger partial charge in [-0.15, -0.1) is 0 Å². The minimum Gasteiger partial charge on any atom is -0.489 e. The van der Waals surface area contributed by atoms with Gasteiger partial charge in [0.15, 0.2) is 17.4 Å². The van der Waals surface area contributed by atoms with Crippen molar-refractivity contribution in [1.29, 1.82) is 0 Å². The molecule has 1 fully saturated rings. The van der Waals surface area contributed by atoms with Gasteiger partial charge in [-0.05, 0) is 74.9 Å². The zero-order valence-electron chi connectivity index (χ0n) is 26.3. The number of aromatic nitrogens is 4. The number of aryl methyl sites for hydroxylation is 2. The van der Waals surface area contributed by atoms with Crippen molar-refractivity contribution in [3.05, 3.63) is 94.1 Å². The van der Waals surface area contributed by atoms with Gasteiger partial charge in [0.2, 0.25) is 0 Å². The molecule has 1 N–H and O–H groups in total. The van der Waals surface area contributed by atoms with Crippen LogP contribution >= 0.6 is 0 Å². The van der Waals surface area contributed by atoms with Crippen LogP contribution in [0.3, 0.4) is 0 Å². The van der Waals surface area contributed by atoms with Gasteiger partial charge in [0.05, 0.1) is 24.1 Å². The molecule has 10 heteroatoms. The smallest absolute Gasteiger partial charge is 0.489 e. The van der Waals surface area contributed by atoms with E-state index in [0.29, 0.717) is 47.5 Å². The quantitative estimate of drug-likeness (QED) is 0.186. The van der Waals surface area contributed by atoms with E-state index in [-0.39, 0.29) is 39.5 Å². The first-order valence-corrected chi connectivity index (χ1v) is 14.0. The number of ketones is 1. The molecular formula is C34H39LiN6O3-2. The monoisotopic (exact) mass is 586 g/mol. The van der Waals surface area contributed by atoms with Crippen molar-refractivity contribution < 1.29 is 33.1 Å².